The first kappa shape index (κ1) is 12.2. The number of furan rings is 1. The molecule has 100 valence electrons. The minimum Gasteiger partial charge on any atom is -0.472 e. The fourth-order valence-corrected chi connectivity index (χ4v) is 3.81. The number of nitrogens with two attached hydrogens (primary N) is 1. The van der Waals surface area contributed by atoms with Crippen LogP contribution < -0.4 is 11.3 Å². The summed E-state index contributed by atoms with van der Waals surface area (Å²) in [5, 5.41) is 0. The zero-order chi connectivity index (χ0) is 12.5. The SMILES string of the molecule is CN1C2CCC1CC(C(Cc1ccoc1)NN)C2. The average Bonchev–Trinajstić information content (AvgIpc) is 2.93. The summed E-state index contributed by atoms with van der Waals surface area (Å²) in [7, 11) is 2.28. The van der Waals surface area contributed by atoms with Crippen LogP contribution in [0.15, 0.2) is 23.0 Å². The van der Waals surface area contributed by atoms with Gasteiger partial charge in [-0.3, -0.25) is 11.3 Å². The molecule has 1 aromatic heterocycles. The number of piperidine rings is 1. The van der Waals surface area contributed by atoms with Gasteiger partial charge < -0.3 is 9.32 Å². The lowest BCUT2D eigenvalue weighted by atomic mass is 9.83. The van der Waals surface area contributed by atoms with E-state index >= 15 is 0 Å². The molecule has 3 rings (SSSR count). The third-order valence-electron chi connectivity index (χ3n) is 4.95. The van der Waals surface area contributed by atoms with Gasteiger partial charge in [0.25, 0.3) is 0 Å². The summed E-state index contributed by atoms with van der Waals surface area (Å²) < 4.78 is 5.14. The van der Waals surface area contributed by atoms with Crippen LogP contribution in [-0.4, -0.2) is 30.1 Å². The van der Waals surface area contributed by atoms with Gasteiger partial charge in [-0.15, -0.1) is 0 Å². The van der Waals surface area contributed by atoms with Crippen LogP contribution in [-0.2, 0) is 6.42 Å². The number of fused-ring (bicyclic) bond motifs is 2. The largest absolute Gasteiger partial charge is 0.472 e. The predicted molar refractivity (Wildman–Crippen MR) is 70.8 cm³/mol. The van der Waals surface area contributed by atoms with Crippen molar-refractivity contribution in [1.82, 2.24) is 10.3 Å². The Morgan fingerprint density at radius 2 is 2.17 bits per heavy atom. The Bertz CT molecular complexity index is 364. The van der Waals surface area contributed by atoms with Gasteiger partial charge >= 0.3 is 0 Å². The molecule has 0 spiro atoms. The molecule has 2 fully saturated rings. The zero-order valence-corrected chi connectivity index (χ0v) is 11.0. The Hall–Kier alpha value is -0.840. The summed E-state index contributed by atoms with van der Waals surface area (Å²) in [6.07, 6.45) is 9.82. The molecule has 2 aliphatic heterocycles. The standard InChI is InChI=1S/C14H23N3O/c1-17-12-2-3-13(17)8-11(7-12)14(16-15)6-10-4-5-18-9-10/h4-5,9,11-14,16H,2-3,6-8,15H2,1H3. The van der Waals surface area contributed by atoms with Crippen LogP contribution in [0, 0.1) is 5.92 Å². The number of nitrogens with one attached hydrogen (secondary N) is 1. The van der Waals surface area contributed by atoms with Crippen LogP contribution >= 0.6 is 0 Å². The first-order valence-corrected chi connectivity index (χ1v) is 6.97. The summed E-state index contributed by atoms with van der Waals surface area (Å²) in [6, 6.07) is 3.95. The molecule has 2 aliphatic rings. The highest BCUT2D eigenvalue weighted by Gasteiger charge is 2.40. The molecule has 2 saturated heterocycles. The van der Waals surface area contributed by atoms with Crippen molar-refractivity contribution in [3.05, 3.63) is 24.2 Å². The van der Waals surface area contributed by atoms with Gasteiger partial charge in [-0.1, -0.05) is 0 Å². The fourth-order valence-electron chi connectivity index (χ4n) is 3.81. The molecule has 0 amide bonds. The molecule has 1 aromatic rings. The van der Waals surface area contributed by atoms with Crippen molar-refractivity contribution in [2.45, 2.75) is 50.2 Å². The molecule has 3 unspecified atom stereocenters. The normalized spacial score (nSPS) is 33.8. The maximum Gasteiger partial charge on any atom is 0.0935 e. The van der Waals surface area contributed by atoms with E-state index in [0.717, 1.165) is 18.5 Å². The fraction of sp³-hybridized carbons (Fsp3) is 0.714. The van der Waals surface area contributed by atoms with E-state index in [9.17, 15) is 0 Å². The van der Waals surface area contributed by atoms with Gasteiger partial charge in [-0.25, -0.2) is 0 Å². The van der Waals surface area contributed by atoms with Crippen molar-refractivity contribution in [3.63, 3.8) is 0 Å². The Kier molecular flexibility index (Phi) is 3.41. The third kappa shape index (κ3) is 2.20. The molecule has 18 heavy (non-hydrogen) atoms. The van der Waals surface area contributed by atoms with Gasteiger partial charge in [0.15, 0.2) is 0 Å². The first-order valence-electron chi connectivity index (χ1n) is 6.97. The van der Waals surface area contributed by atoms with E-state index in [1.807, 2.05) is 12.3 Å². The molecule has 4 heteroatoms. The maximum absolute atomic E-state index is 5.77. The van der Waals surface area contributed by atoms with Crippen LogP contribution in [0.3, 0.4) is 0 Å². The second-order valence-corrected chi connectivity index (χ2v) is 5.89. The highest BCUT2D eigenvalue weighted by molar-refractivity contribution is 5.09. The van der Waals surface area contributed by atoms with Gasteiger partial charge in [0.2, 0.25) is 0 Å². The van der Waals surface area contributed by atoms with Crippen molar-refractivity contribution in [2.75, 3.05) is 7.05 Å². The number of hydrazine groups is 1. The molecule has 4 nitrogen and oxygen atoms in total. The average molecular weight is 249 g/mol. The lowest BCUT2D eigenvalue weighted by Gasteiger charge is -2.39. The smallest absolute Gasteiger partial charge is 0.0935 e. The van der Waals surface area contributed by atoms with Gasteiger partial charge in [0, 0.05) is 18.1 Å². The Labute approximate surface area is 108 Å². The van der Waals surface area contributed by atoms with Gasteiger partial charge in [-0.2, -0.15) is 0 Å². The number of nitrogens with zero attached hydrogens (tertiary/aromatic N) is 1. The van der Waals surface area contributed by atoms with Gasteiger partial charge in [0.1, 0.15) is 0 Å². The van der Waals surface area contributed by atoms with Crippen molar-refractivity contribution in [2.24, 2.45) is 11.8 Å². The van der Waals surface area contributed by atoms with Crippen LogP contribution in [0.25, 0.3) is 0 Å². The van der Waals surface area contributed by atoms with E-state index < -0.39 is 0 Å². The molecule has 0 radical (unpaired) electrons. The summed E-state index contributed by atoms with van der Waals surface area (Å²) in [6.45, 7) is 0. The summed E-state index contributed by atoms with van der Waals surface area (Å²) in [4.78, 5) is 2.57. The summed E-state index contributed by atoms with van der Waals surface area (Å²) >= 11 is 0. The quantitative estimate of drug-likeness (QED) is 0.627. The molecule has 0 aliphatic carbocycles. The van der Waals surface area contributed by atoms with E-state index in [0.29, 0.717) is 12.0 Å². The highest BCUT2D eigenvalue weighted by atomic mass is 16.3. The molecule has 3 atom stereocenters. The van der Waals surface area contributed by atoms with E-state index in [1.165, 1.54) is 31.2 Å². The Morgan fingerprint density at radius 3 is 2.72 bits per heavy atom. The number of rotatable bonds is 4. The highest BCUT2D eigenvalue weighted by Crippen LogP contribution is 2.39. The third-order valence-corrected chi connectivity index (χ3v) is 4.95. The monoisotopic (exact) mass is 249 g/mol. The molecule has 3 N–H and O–H groups in total. The number of hydrogen-bond donors (Lipinski definition) is 2. The Balaban J connectivity index is 1.66. The summed E-state index contributed by atoms with van der Waals surface area (Å²) in [5.41, 5.74) is 4.27. The van der Waals surface area contributed by atoms with E-state index in [2.05, 4.69) is 17.4 Å². The van der Waals surface area contributed by atoms with Crippen LogP contribution in [0.4, 0.5) is 0 Å². The van der Waals surface area contributed by atoms with Crippen LogP contribution in [0.1, 0.15) is 31.2 Å². The first-order chi connectivity index (χ1) is 8.78. The van der Waals surface area contributed by atoms with E-state index in [4.69, 9.17) is 10.3 Å². The maximum atomic E-state index is 5.77. The lowest BCUT2D eigenvalue weighted by Crippen LogP contribution is -2.49. The second kappa shape index (κ2) is 5.03. The van der Waals surface area contributed by atoms with Crippen molar-refractivity contribution < 1.29 is 4.42 Å². The van der Waals surface area contributed by atoms with Crippen molar-refractivity contribution >= 4 is 0 Å². The molecule has 0 aromatic carbocycles. The molecule has 2 bridgehead atoms. The van der Waals surface area contributed by atoms with Crippen molar-refractivity contribution in [3.8, 4) is 0 Å². The lowest BCUT2D eigenvalue weighted by molar-refractivity contribution is 0.112. The number of hydrogen-bond acceptors (Lipinski definition) is 4. The molecular weight excluding hydrogens is 226 g/mol. The van der Waals surface area contributed by atoms with Gasteiger partial charge in [0.05, 0.1) is 12.5 Å². The van der Waals surface area contributed by atoms with E-state index in [-0.39, 0.29) is 0 Å². The zero-order valence-electron chi connectivity index (χ0n) is 11.0. The molecular formula is C14H23N3O. The van der Waals surface area contributed by atoms with Gasteiger partial charge in [-0.05, 0) is 56.7 Å². The van der Waals surface area contributed by atoms with E-state index in [1.54, 1.807) is 6.26 Å². The topological polar surface area (TPSA) is 54.4 Å². The molecule has 0 saturated carbocycles. The minimum atomic E-state index is 0.374. The predicted octanol–water partition coefficient (Wildman–Crippen LogP) is 1.53. The summed E-state index contributed by atoms with van der Waals surface area (Å²) in [5.74, 6) is 6.47. The van der Waals surface area contributed by atoms with Crippen molar-refractivity contribution in [1.29, 1.82) is 0 Å². The molecule has 3 heterocycles. The van der Waals surface area contributed by atoms with Crippen LogP contribution in [0.5, 0.6) is 0 Å². The van der Waals surface area contributed by atoms with Crippen LogP contribution in [0.2, 0.25) is 0 Å². The minimum absolute atomic E-state index is 0.374. The second-order valence-electron chi connectivity index (χ2n) is 5.89. The Morgan fingerprint density at radius 1 is 1.44 bits per heavy atom.